The average molecular weight is 609 g/mol. The number of nitrogens with one attached hydrogen (secondary N) is 1. The number of carbonyl (C=O) groups is 2. The highest BCUT2D eigenvalue weighted by Crippen LogP contribution is 2.40. The summed E-state index contributed by atoms with van der Waals surface area (Å²) < 4.78 is 13.3. The molecule has 2 aromatic carbocycles. The van der Waals surface area contributed by atoms with Crippen molar-refractivity contribution in [1.82, 2.24) is 24.8 Å². The summed E-state index contributed by atoms with van der Waals surface area (Å²) >= 11 is 13.8. The van der Waals surface area contributed by atoms with Crippen LogP contribution in [0.3, 0.4) is 0 Å². The maximum absolute atomic E-state index is 13.5. The molecule has 4 aromatic rings. The summed E-state index contributed by atoms with van der Waals surface area (Å²) in [5, 5.41) is 4.13. The molecule has 4 heterocycles. The van der Waals surface area contributed by atoms with Crippen molar-refractivity contribution in [3.05, 3.63) is 80.7 Å². The number of aromatic nitrogens is 3. The first-order chi connectivity index (χ1) is 20.0. The molecule has 0 fully saturated rings. The average Bonchev–Trinajstić information content (AvgIpc) is 3.63. The van der Waals surface area contributed by atoms with Crippen LogP contribution in [-0.2, 0) is 44.3 Å². The van der Waals surface area contributed by atoms with Gasteiger partial charge in [0.15, 0.2) is 5.82 Å². The lowest BCUT2D eigenvalue weighted by molar-refractivity contribution is 0.0220. The van der Waals surface area contributed by atoms with Gasteiger partial charge < -0.3 is 23.9 Å². The normalized spacial score (nSPS) is 14.6. The maximum Gasteiger partial charge on any atom is 0.410 e. The van der Waals surface area contributed by atoms with Gasteiger partial charge in [0, 0.05) is 49.8 Å². The molecule has 2 aliphatic heterocycles. The van der Waals surface area contributed by atoms with Gasteiger partial charge in [-0.05, 0) is 32.4 Å². The molecule has 6 rings (SSSR count). The van der Waals surface area contributed by atoms with Crippen molar-refractivity contribution in [2.75, 3.05) is 6.54 Å². The lowest BCUT2D eigenvalue weighted by Crippen LogP contribution is -2.40. The molecule has 11 heteroatoms. The van der Waals surface area contributed by atoms with Crippen LogP contribution in [0.25, 0.3) is 22.6 Å². The lowest BCUT2D eigenvalue weighted by Gasteiger charge is -2.29. The highest BCUT2D eigenvalue weighted by atomic mass is 35.5. The molecule has 0 saturated heterocycles. The van der Waals surface area contributed by atoms with Crippen LogP contribution in [0.2, 0.25) is 10.0 Å². The number of carbonyl (C=O) groups excluding carboxylic acids is 2. The van der Waals surface area contributed by atoms with Crippen molar-refractivity contribution in [2.45, 2.75) is 58.8 Å². The SMILES string of the molecule is Cn1c(C(=O)Cc2cccc(-c3cccc(-c4nc5c(o4)CNC5)c3Cl)c2Cl)nc2c1CCN(C(=O)OC(C)(C)C)C2. The number of hydrogen-bond donors (Lipinski definition) is 1. The highest BCUT2D eigenvalue weighted by Gasteiger charge is 2.30. The van der Waals surface area contributed by atoms with Crippen LogP contribution >= 0.6 is 23.2 Å². The smallest absolute Gasteiger partial charge is 0.410 e. The Morgan fingerprint density at radius 2 is 1.71 bits per heavy atom. The van der Waals surface area contributed by atoms with E-state index in [0.717, 1.165) is 22.7 Å². The van der Waals surface area contributed by atoms with Gasteiger partial charge in [-0.15, -0.1) is 0 Å². The van der Waals surface area contributed by atoms with Crippen LogP contribution in [0.15, 0.2) is 40.8 Å². The predicted octanol–water partition coefficient (Wildman–Crippen LogP) is 6.37. The summed E-state index contributed by atoms with van der Waals surface area (Å²) in [4.78, 5) is 37.0. The fourth-order valence-electron chi connectivity index (χ4n) is 5.41. The molecule has 0 atom stereocenters. The fraction of sp³-hybridized carbons (Fsp3) is 0.355. The standard InChI is InChI=1S/C31H31Cl2N5O4/c1-31(2,3)42-30(40)38-12-11-23-22(16-38)35-28(37(23)4)24(39)13-17-7-5-8-18(26(17)32)19-9-6-10-20(27(19)33)29-36-21-14-34-15-25(21)41-29/h5-10,34H,11-16H2,1-4H3. The Morgan fingerprint density at radius 1 is 1.00 bits per heavy atom. The molecule has 0 radical (unpaired) electrons. The van der Waals surface area contributed by atoms with Gasteiger partial charge in [-0.2, -0.15) is 0 Å². The van der Waals surface area contributed by atoms with E-state index >= 15 is 0 Å². The highest BCUT2D eigenvalue weighted by molar-refractivity contribution is 6.38. The topological polar surface area (TPSA) is 102 Å². The van der Waals surface area contributed by atoms with Crippen molar-refractivity contribution < 1.29 is 18.7 Å². The number of oxazole rings is 1. The molecular weight excluding hydrogens is 577 g/mol. The summed E-state index contributed by atoms with van der Waals surface area (Å²) in [6, 6.07) is 11.2. The quantitative estimate of drug-likeness (QED) is 0.263. The summed E-state index contributed by atoms with van der Waals surface area (Å²) in [7, 11) is 1.83. The van der Waals surface area contributed by atoms with Gasteiger partial charge in [-0.1, -0.05) is 53.5 Å². The van der Waals surface area contributed by atoms with Gasteiger partial charge in [0.1, 0.15) is 11.4 Å². The number of fused-ring (bicyclic) bond motifs is 2. The van der Waals surface area contributed by atoms with E-state index in [2.05, 4.69) is 15.3 Å². The molecule has 2 aromatic heterocycles. The third-order valence-corrected chi connectivity index (χ3v) is 8.32. The van der Waals surface area contributed by atoms with E-state index in [4.69, 9.17) is 32.4 Å². The number of Topliss-reactive ketones (excluding diaryl/α,β-unsaturated/α-hetero) is 1. The number of ether oxygens (including phenoxy) is 1. The Morgan fingerprint density at radius 3 is 2.45 bits per heavy atom. The molecule has 0 spiro atoms. The van der Waals surface area contributed by atoms with E-state index in [1.807, 2.05) is 68.8 Å². The number of imidazole rings is 1. The molecule has 2 aliphatic rings. The summed E-state index contributed by atoms with van der Waals surface area (Å²) in [6.45, 7) is 7.60. The fourth-order valence-corrected chi connectivity index (χ4v) is 6.01. The Kier molecular flexibility index (Phi) is 7.37. The molecule has 1 N–H and O–H groups in total. The monoisotopic (exact) mass is 607 g/mol. The minimum absolute atomic E-state index is 0.0585. The lowest BCUT2D eigenvalue weighted by atomic mass is 9.98. The van der Waals surface area contributed by atoms with Gasteiger partial charge in [0.05, 0.1) is 40.1 Å². The second kappa shape index (κ2) is 10.9. The van der Waals surface area contributed by atoms with Crippen molar-refractivity contribution in [2.24, 2.45) is 7.05 Å². The number of halogens is 2. The number of nitrogens with zero attached hydrogens (tertiary/aromatic N) is 4. The van der Waals surface area contributed by atoms with Gasteiger partial charge in [0.2, 0.25) is 11.7 Å². The number of hydrogen-bond acceptors (Lipinski definition) is 7. The van der Waals surface area contributed by atoms with Crippen molar-refractivity contribution >= 4 is 35.1 Å². The van der Waals surface area contributed by atoms with Crippen LogP contribution in [0, 0.1) is 0 Å². The third kappa shape index (κ3) is 5.32. The molecule has 0 aliphatic carbocycles. The molecule has 9 nitrogen and oxygen atoms in total. The molecule has 0 bridgehead atoms. The summed E-state index contributed by atoms with van der Waals surface area (Å²) in [5.41, 5.74) is 4.72. The van der Waals surface area contributed by atoms with Crippen LogP contribution in [-0.4, -0.2) is 43.5 Å². The number of rotatable bonds is 5. The Balaban J connectivity index is 1.24. The zero-order valence-corrected chi connectivity index (χ0v) is 25.4. The third-order valence-electron chi connectivity index (χ3n) is 7.46. The first kappa shape index (κ1) is 28.5. The van der Waals surface area contributed by atoms with E-state index < -0.39 is 5.60 Å². The maximum atomic E-state index is 13.5. The molecule has 0 saturated carbocycles. The summed E-state index contributed by atoms with van der Waals surface area (Å²) in [6.07, 6.45) is 0.255. The van der Waals surface area contributed by atoms with E-state index in [9.17, 15) is 9.59 Å². The van der Waals surface area contributed by atoms with Crippen LogP contribution in [0.5, 0.6) is 0 Å². The van der Waals surface area contributed by atoms with Crippen LogP contribution < -0.4 is 5.32 Å². The van der Waals surface area contributed by atoms with E-state index in [1.54, 1.807) is 4.90 Å². The van der Waals surface area contributed by atoms with Gasteiger partial charge in [-0.3, -0.25) is 4.79 Å². The zero-order chi connectivity index (χ0) is 29.8. The van der Waals surface area contributed by atoms with Crippen molar-refractivity contribution in [3.8, 4) is 22.6 Å². The minimum Gasteiger partial charge on any atom is -0.444 e. The largest absolute Gasteiger partial charge is 0.444 e. The zero-order valence-electron chi connectivity index (χ0n) is 23.9. The molecule has 218 valence electrons. The van der Waals surface area contributed by atoms with Gasteiger partial charge in [0.25, 0.3) is 0 Å². The predicted molar refractivity (Wildman–Crippen MR) is 160 cm³/mol. The Hall–Kier alpha value is -3.66. The molecular formula is C31H31Cl2N5O4. The summed E-state index contributed by atoms with van der Waals surface area (Å²) in [5.74, 6) is 1.45. The molecule has 0 unspecified atom stereocenters. The van der Waals surface area contributed by atoms with Gasteiger partial charge >= 0.3 is 6.09 Å². The van der Waals surface area contributed by atoms with E-state index in [1.165, 1.54) is 0 Å². The van der Waals surface area contributed by atoms with Gasteiger partial charge in [-0.25, -0.2) is 14.8 Å². The minimum atomic E-state index is -0.588. The Labute approximate surface area is 253 Å². The van der Waals surface area contributed by atoms with E-state index in [-0.39, 0.29) is 18.3 Å². The first-order valence-corrected chi connectivity index (χ1v) is 14.6. The number of benzene rings is 2. The number of ketones is 1. The molecule has 42 heavy (non-hydrogen) atoms. The van der Waals surface area contributed by atoms with Crippen molar-refractivity contribution in [3.63, 3.8) is 0 Å². The van der Waals surface area contributed by atoms with Crippen LogP contribution in [0.4, 0.5) is 4.79 Å². The van der Waals surface area contributed by atoms with E-state index in [0.29, 0.717) is 76.7 Å². The second-order valence-corrected chi connectivity index (χ2v) is 12.3. The molecule has 1 amide bonds. The van der Waals surface area contributed by atoms with Crippen LogP contribution in [0.1, 0.15) is 59.8 Å². The second-order valence-electron chi connectivity index (χ2n) is 11.6. The first-order valence-electron chi connectivity index (χ1n) is 13.8. The Bertz CT molecular complexity index is 1700. The number of amides is 1. The van der Waals surface area contributed by atoms with Crippen molar-refractivity contribution in [1.29, 1.82) is 0 Å².